The maximum absolute atomic E-state index is 14.6. The molecule has 0 bridgehead atoms. The zero-order chi connectivity index (χ0) is 23.6. The SMILES string of the molecule is CCN(C)C(=O)c1ccc(Sc2ccc(NC(=O)C(C)(O)C(F)(F)F)c(Cl)c2F)cc1. The Morgan fingerprint density at radius 2 is 1.74 bits per heavy atom. The summed E-state index contributed by atoms with van der Waals surface area (Å²) in [6, 6.07) is 8.77. The first-order valence-corrected chi connectivity index (χ1v) is 10.1. The Balaban J connectivity index is 2.19. The molecule has 0 aromatic heterocycles. The number of hydrogen-bond donors (Lipinski definition) is 2. The van der Waals surface area contributed by atoms with Gasteiger partial charge in [-0.1, -0.05) is 23.4 Å². The number of nitrogens with one attached hydrogen (secondary N) is 1. The molecule has 0 aliphatic carbocycles. The van der Waals surface area contributed by atoms with Gasteiger partial charge < -0.3 is 15.3 Å². The van der Waals surface area contributed by atoms with E-state index in [0.717, 1.165) is 17.8 Å². The van der Waals surface area contributed by atoms with E-state index in [1.54, 1.807) is 36.6 Å². The number of aliphatic hydroxyl groups is 1. The van der Waals surface area contributed by atoms with Gasteiger partial charge in [0.15, 0.2) is 5.82 Å². The Hall–Kier alpha value is -2.30. The Morgan fingerprint density at radius 3 is 2.26 bits per heavy atom. The number of rotatable bonds is 6. The van der Waals surface area contributed by atoms with Gasteiger partial charge >= 0.3 is 6.18 Å². The highest BCUT2D eigenvalue weighted by atomic mass is 35.5. The van der Waals surface area contributed by atoms with Gasteiger partial charge in [0.05, 0.1) is 5.69 Å². The van der Waals surface area contributed by atoms with Crippen LogP contribution in [0.5, 0.6) is 0 Å². The van der Waals surface area contributed by atoms with Crippen molar-refractivity contribution in [3.05, 3.63) is 52.8 Å². The van der Waals surface area contributed by atoms with Crippen LogP contribution in [0.15, 0.2) is 46.2 Å². The van der Waals surface area contributed by atoms with Crippen LogP contribution in [0.1, 0.15) is 24.2 Å². The van der Waals surface area contributed by atoms with Crippen LogP contribution in [0.4, 0.5) is 23.2 Å². The number of amides is 2. The van der Waals surface area contributed by atoms with E-state index in [-0.39, 0.29) is 17.7 Å². The van der Waals surface area contributed by atoms with Gasteiger partial charge in [-0.15, -0.1) is 0 Å². The number of anilines is 1. The first-order valence-electron chi connectivity index (χ1n) is 8.91. The Morgan fingerprint density at radius 1 is 1.16 bits per heavy atom. The number of carbonyl (C=O) groups excluding carboxylic acids is 2. The van der Waals surface area contributed by atoms with Crippen molar-refractivity contribution in [2.24, 2.45) is 0 Å². The quantitative estimate of drug-likeness (QED) is 0.575. The molecule has 0 aliphatic heterocycles. The molecular formula is C20H19ClF4N2O3S. The second kappa shape index (κ2) is 9.46. The van der Waals surface area contributed by atoms with Crippen molar-refractivity contribution in [3.63, 3.8) is 0 Å². The van der Waals surface area contributed by atoms with Crippen LogP contribution in [-0.4, -0.2) is 47.2 Å². The van der Waals surface area contributed by atoms with E-state index in [1.165, 1.54) is 11.0 Å². The van der Waals surface area contributed by atoms with E-state index < -0.39 is 34.2 Å². The van der Waals surface area contributed by atoms with Crippen molar-refractivity contribution in [1.82, 2.24) is 4.90 Å². The number of benzene rings is 2. The van der Waals surface area contributed by atoms with Gasteiger partial charge in [0.25, 0.3) is 11.8 Å². The molecular weight excluding hydrogens is 460 g/mol. The van der Waals surface area contributed by atoms with Crippen molar-refractivity contribution >= 4 is 40.9 Å². The maximum atomic E-state index is 14.6. The van der Waals surface area contributed by atoms with E-state index in [1.807, 2.05) is 6.92 Å². The molecule has 0 radical (unpaired) electrons. The van der Waals surface area contributed by atoms with Crippen LogP contribution in [0, 0.1) is 5.82 Å². The summed E-state index contributed by atoms with van der Waals surface area (Å²) in [4.78, 5) is 26.1. The standard InChI is InChI=1S/C20H19ClF4N2O3S/c1-4-27(3)17(28)11-5-7-12(8-6-11)31-14-10-9-13(15(21)16(14)22)26-18(29)19(2,30)20(23,24)25/h5-10,30H,4H2,1-3H3,(H,26,29). The largest absolute Gasteiger partial charge is 0.426 e. The van der Waals surface area contributed by atoms with Gasteiger partial charge in [0.1, 0.15) is 5.02 Å². The van der Waals surface area contributed by atoms with Crippen molar-refractivity contribution in [2.75, 3.05) is 18.9 Å². The molecule has 5 nitrogen and oxygen atoms in total. The molecule has 11 heteroatoms. The van der Waals surface area contributed by atoms with Gasteiger partial charge in [-0.3, -0.25) is 9.59 Å². The fourth-order valence-electron chi connectivity index (χ4n) is 2.24. The minimum atomic E-state index is -5.22. The van der Waals surface area contributed by atoms with Crippen LogP contribution in [-0.2, 0) is 4.79 Å². The predicted molar refractivity (Wildman–Crippen MR) is 110 cm³/mol. The highest BCUT2D eigenvalue weighted by Gasteiger charge is 2.55. The molecule has 0 saturated carbocycles. The minimum absolute atomic E-state index is 0.0512. The van der Waals surface area contributed by atoms with Crippen molar-refractivity contribution in [3.8, 4) is 0 Å². The third-order valence-corrected chi connectivity index (χ3v) is 5.85. The fourth-order valence-corrected chi connectivity index (χ4v) is 3.36. The van der Waals surface area contributed by atoms with E-state index in [4.69, 9.17) is 11.6 Å². The average molecular weight is 479 g/mol. The molecule has 168 valence electrons. The van der Waals surface area contributed by atoms with Crippen molar-refractivity contribution in [1.29, 1.82) is 0 Å². The normalized spacial score (nSPS) is 13.5. The highest BCUT2D eigenvalue weighted by molar-refractivity contribution is 7.99. The van der Waals surface area contributed by atoms with Crippen LogP contribution >= 0.6 is 23.4 Å². The van der Waals surface area contributed by atoms with Gasteiger partial charge in [-0.05, 0) is 50.2 Å². The molecule has 0 saturated heterocycles. The summed E-state index contributed by atoms with van der Waals surface area (Å²) in [6.07, 6.45) is -5.22. The summed E-state index contributed by atoms with van der Waals surface area (Å²) in [5.41, 5.74) is -3.63. The Labute approximate surface area is 185 Å². The first-order chi connectivity index (χ1) is 14.3. The van der Waals surface area contributed by atoms with Crippen LogP contribution in [0.3, 0.4) is 0 Å². The lowest BCUT2D eigenvalue weighted by Gasteiger charge is -2.25. The van der Waals surface area contributed by atoms with Crippen molar-refractivity contribution < 1.29 is 32.3 Å². The molecule has 31 heavy (non-hydrogen) atoms. The number of alkyl halides is 3. The summed E-state index contributed by atoms with van der Waals surface area (Å²) in [5, 5.41) is 10.6. The molecule has 2 aromatic rings. The Bertz CT molecular complexity index is 982. The van der Waals surface area contributed by atoms with E-state index >= 15 is 0 Å². The Kier molecular flexibility index (Phi) is 7.61. The summed E-state index contributed by atoms with van der Waals surface area (Å²) in [7, 11) is 1.66. The topological polar surface area (TPSA) is 69.6 Å². The summed E-state index contributed by atoms with van der Waals surface area (Å²) in [5.74, 6) is -2.91. The summed E-state index contributed by atoms with van der Waals surface area (Å²) < 4.78 is 52.9. The van der Waals surface area contributed by atoms with E-state index in [2.05, 4.69) is 0 Å². The molecule has 2 aromatic carbocycles. The molecule has 2 N–H and O–H groups in total. The lowest BCUT2D eigenvalue weighted by Crippen LogP contribution is -2.52. The fraction of sp³-hybridized carbons (Fsp3) is 0.300. The van der Waals surface area contributed by atoms with E-state index in [0.29, 0.717) is 17.0 Å². The number of halogens is 5. The molecule has 0 heterocycles. The maximum Gasteiger partial charge on any atom is 0.426 e. The van der Waals surface area contributed by atoms with Crippen LogP contribution in [0.2, 0.25) is 5.02 Å². The molecule has 0 spiro atoms. The molecule has 0 aliphatic rings. The molecule has 1 atom stereocenters. The summed E-state index contributed by atoms with van der Waals surface area (Å²) in [6.45, 7) is 2.66. The lowest BCUT2D eigenvalue weighted by molar-refractivity contribution is -0.242. The average Bonchev–Trinajstić information content (AvgIpc) is 2.71. The minimum Gasteiger partial charge on any atom is -0.373 e. The van der Waals surface area contributed by atoms with Gasteiger partial charge in [-0.25, -0.2) is 4.39 Å². The molecule has 2 amide bonds. The molecule has 1 unspecified atom stereocenters. The second-order valence-corrected chi connectivity index (χ2v) is 8.20. The molecule has 0 fully saturated rings. The first kappa shape index (κ1) is 25.0. The monoisotopic (exact) mass is 478 g/mol. The predicted octanol–water partition coefficient (Wildman–Crippen LogP) is 4.97. The third-order valence-electron chi connectivity index (χ3n) is 4.44. The van der Waals surface area contributed by atoms with Gasteiger partial charge in [0.2, 0.25) is 5.60 Å². The summed E-state index contributed by atoms with van der Waals surface area (Å²) >= 11 is 6.85. The zero-order valence-corrected chi connectivity index (χ0v) is 18.3. The molecule has 2 rings (SSSR count). The van der Waals surface area contributed by atoms with Crippen molar-refractivity contribution in [2.45, 2.75) is 35.4 Å². The number of nitrogens with zero attached hydrogens (tertiary/aromatic N) is 1. The van der Waals surface area contributed by atoms with E-state index in [9.17, 15) is 32.3 Å². The number of hydrogen-bond acceptors (Lipinski definition) is 4. The van der Waals surface area contributed by atoms with Crippen LogP contribution < -0.4 is 5.32 Å². The smallest absolute Gasteiger partial charge is 0.373 e. The van der Waals surface area contributed by atoms with Gasteiger partial charge in [-0.2, -0.15) is 13.2 Å². The lowest BCUT2D eigenvalue weighted by atomic mass is 10.1. The number of carbonyl (C=O) groups is 2. The highest BCUT2D eigenvalue weighted by Crippen LogP contribution is 2.37. The van der Waals surface area contributed by atoms with Crippen LogP contribution in [0.25, 0.3) is 0 Å². The third kappa shape index (κ3) is 5.50. The zero-order valence-electron chi connectivity index (χ0n) is 16.7. The van der Waals surface area contributed by atoms with Gasteiger partial charge in [0, 0.05) is 28.9 Å². The second-order valence-electron chi connectivity index (χ2n) is 6.71.